The van der Waals surface area contributed by atoms with Crippen molar-refractivity contribution in [2.75, 3.05) is 25.0 Å². The quantitative estimate of drug-likeness (QED) is 0.557. The molecule has 1 fully saturated rings. The zero-order valence-electron chi connectivity index (χ0n) is 19.0. The molecule has 0 radical (unpaired) electrons. The van der Waals surface area contributed by atoms with Crippen molar-refractivity contribution in [1.82, 2.24) is 9.80 Å². The van der Waals surface area contributed by atoms with Gasteiger partial charge in [0, 0.05) is 24.4 Å². The van der Waals surface area contributed by atoms with Gasteiger partial charge in [0.15, 0.2) is 0 Å². The van der Waals surface area contributed by atoms with Crippen molar-refractivity contribution < 1.29 is 38.6 Å². The van der Waals surface area contributed by atoms with E-state index in [1.807, 2.05) is 0 Å². The Hall–Kier alpha value is -4.38. The largest absolute Gasteiger partial charge is 0.481 e. The van der Waals surface area contributed by atoms with E-state index in [4.69, 9.17) is 9.84 Å². The molecule has 184 valence electrons. The van der Waals surface area contributed by atoms with Crippen LogP contribution in [0.25, 0.3) is 0 Å². The standard InChI is InChI=1S/C25H21N3O8/c29-20(30)7-8-27-22(32)17-6-4-14(11-19(17)24(27)34)26-21(31)13-3-5-16-18(10-13)25(35)28(23(16)33)12-15-2-1-9-36-15/h3-6,10-11,15H,1-2,7-9,12H2,(H,26,31)(H,29,30). The van der Waals surface area contributed by atoms with E-state index in [2.05, 4.69) is 5.32 Å². The van der Waals surface area contributed by atoms with Crippen LogP contribution >= 0.6 is 0 Å². The number of carboxylic acids is 1. The second-order valence-corrected chi connectivity index (χ2v) is 8.74. The Kier molecular flexibility index (Phi) is 5.84. The zero-order valence-corrected chi connectivity index (χ0v) is 19.0. The molecule has 0 spiro atoms. The van der Waals surface area contributed by atoms with Crippen molar-refractivity contribution >= 4 is 41.2 Å². The summed E-state index contributed by atoms with van der Waals surface area (Å²) in [7, 11) is 0. The van der Waals surface area contributed by atoms with Gasteiger partial charge in [-0.25, -0.2) is 0 Å². The SMILES string of the molecule is O=C(O)CCN1C(=O)c2ccc(NC(=O)c3ccc4c(c3)C(=O)N(CC3CCCO3)C4=O)cc2C1=O. The Morgan fingerprint density at radius 1 is 0.889 bits per heavy atom. The summed E-state index contributed by atoms with van der Waals surface area (Å²) >= 11 is 0. The number of rotatable bonds is 7. The molecule has 0 aromatic heterocycles. The lowest BCUT2D eigenvalue weighted by atomic mass is 10.0. The maximum atomic E-state index is 12.9. The summed E-state index contributed by atoms with van der Waals surface area (Å²) in [5, 5.41) is 11.5. The lowest BCUT2D eigenvalue weighted by molar-refractivity contribution is -0.137. The third-order valence-electron chi connectivity index (χ3n) is 6.42. The molecule has 3 aliphatic rings. The Balaban J connectivity index is 1.31. The van der Waals surface area contributed by atoms with Crippen molar-refractivity contribution in [1.29, 1.82) is 0 Å². The number of carbonyl (C=O) groups excluding carboxylic acids is 5. The van der Waals surface area contributed by atoms with Gasteiger partial charge in [0.2, 0.25) is 0 Å². The molecule has 1 saturated heterocycles. The highest BCUT2D eigenvalue weighted by atomic mass is 16.5. The third-order valence-corrected chi connectivity index (χ3v) is 6.42. The van der Waals surface area contributed by atoms with E-state index < -0.39 is 35.5 Å². The zero-order chi connectivity index (χ0) is 25.6. The van der Waals surface area contributed by atoms with Crippen LogP contribution in [0.2, 0.25) is 0 Å². The average Bonchev–Trinajstić information content (AvgIpc) is 3.52. The van der Waals surface area contributed by atoms with Crippen LogP contribution in [-0.4, -0.2) is 76.2 Å². The number of ether oxygens (including phenoxy) is 1. The molecule has 11 nitrogen and oxygen atoms in total. The molecule has 0 aliphatic carbocycles. The summed E-state index contributed by atoms with van der Waals surface area (Å²) in [5.74, 6) is -3.85. The molecule has 5 amide bonds. The normalized spacial score (nSPS) is 18.6. The van der Waals surface area contributed by atoms with Gasteiger partial charge in [-0.1, -0.05) is 0 Å². The predicted molar refractivity (Wildman–Crippen MR) is 123 cm³/mol. The smallest absolute Gasteiger partial charge is 0.305 e. The monoisotopic (exact) mass is 491 g/mol. The van der Waals surface area contributed by atoms with Crippen molar-refractivity contribution in [3.8, 4) is 0 Å². The van der Waals surface area contributed by atoms with E-state index in [0.717, 1.165) is 22.6 Å². The van der Waals surface area contributed by atoms with Crippen molar-refractivity contribution in [3.63, 3.8) is 0 Å². The summed E-state index contributed by atoms with van der Waals surface area (Å²) in [4.78, 5) is 76.3. The molecule has 0 saturated carbocycles. The third kappa shape index (κ3) is 4.03. The second-order valence-electron chi connectivity index (χ2n) is 8.74. The highest BCUT2D eigenvalue weighted by Gasteiger charge is 2.38. The molecule has 2 N–H and O–H groups in total. The lowest BCUT2D eigenvalue weighted by Crippen LogP contribution is -2.36. The topological polar surface area (TPSA) is 150 Å². The molecule has 1 unspecified atom stereocenters. The van der Waals surface area contributed by atoms with Gasteiger partial charge < -0.3 is 15.2 Å². The van der Waals surface area contributed by atoms with E-state index >= 15 is 0 Å². The van der Waals surface area contributed by atoms with E-state index in [1.54, 1.807) is 0 Å². The number of imide groups is 2. The highest BCUT2D eigenvalue weighted by molar-refractivity contribution is 6.23. The van der Waals surface area contributed by atoms with Crippen LogP contribution in [-0.2, 0) is 9.53 Å². The summed E-state index contributed by atoms with van der Waals surface area (Å²) in [6.07, 6.45) is 1.08. The Bertz CT molecular complexity index is 1340. The van der Waals surface area contributed by atoms with Gasteiger partial charge in [-0.05, 0) is 49.2 Å². The number of nitrogens with zero attached hydrogens (tertiary/aromatic N) is 2. The molecule has 0 bridgehead atoms. The van der Waals surface area contributed by atoms with Crippen LogP contribution in [0.15, 0.2) is 36.4 Å². The molecule has 5 rings (SSSR count). The number of anilines is 1. The second kappa shape index (κ2) is 9.00. The number of hydrogen-bond donors (Lipinski definition) is 2. The maximum absolute atomic E-state index is 12.9. The maximum Gasteiger partial charge on any atom is 0.305 e. The molecule has 1 atom stereocenters. The summed E-state index contributed by atoms with van der Waals surface area (Å²) in [6.45, 7) is 0.509. The van der Waals surface area contributed by atoms with Crippen molar-refractivity contribution in [3.05, 3.63) is 64.2 Å². The number of amides is 5. The van der Waals surface area contributed by atoms with Gasteiger partial charge in [0.25, 0.3) is 29.5 Å². The summed E-state index contributed by atoms with van der Waals surface area (Å²) in [5.41, 5.74) is 0.911. The van der Waals surface area contributed by atoms with Crippen LogP contribution < -0.4 is 5.32 Å². The number of carboxylic acid groups (broad SMARTS) is 1. The van der Waals surface area contributed by atoms with Gasteiger partial charge in [-0.3, -0.25) is 38.6 Å². The number of aliphatic carboxylic acids is 1. The van der Waals surface area contributed by atoms with Gasteiger partial charge in [0.1, 0.15) is 0 Å². The fourth-order valence-electron chi connectivity index (χ4n) is 4.57. The lowest BCUT2D eigenvalue weighted by Gasteiger charge is -2.17. The Morgan fingerprint density at radius 3 is 2.22 bits per heavy atom. The van der Waals surface area contributed by atoms with Gasteiger partial charge in [-0.15, -0.1) is 0 Å². The van der Waals surface area contributed by atoms with E-state index in [9.17, 15) is 28.8 Å². The van der Waals surface area contributed by atoms with Gasteiger partial charge >= 0.3 is 5.97 Å². The Labute approximate surface area is 204 Å². The average molecular weight is 491 g/mol. The van der Waals surface area contributed by atoms with Crippen LogP contribution in [0.4, 0.5) is 5.69 Å². The van der Waals surface area contributed by atoms with E-state index in [-0.39, 0.29) is 59.1 Å². The predicted octanol–water partition coefficient (Wildman–Crippen LogP) is 1.78. The fourth-order valence-corrected chi connectivity index (χ4v) is 4.57. The van der Waals surface area contributed by atoms with E-state index in [1.165, 1.54) is 36.4 Å². The molecule has 2 aromatic carbocycles. The minimum atomic E-state index is -1.14. The molecule has 11 heteroatoms. The van der Waals surface area contributed by atoms with Crippen LogP contribution in [0.5, 0.6) is 0 Å². The minimum absolute atomic E-state index is 0.0580. The van der Waals surface area contributed by atoms with Crippen LogP contribution in [0.3, 0.4) is 0 Å². The first-order valence-electron chi connectivity index (χ1n) is 11.4. The molecular formula is C25H21N3O8. The number of benzene rings is 2. The minimum Gasteiger partial charge on any atom is -0.481 e. The molecule has 2 aromatic rings. The van der Waals surface area contributed by atoms with Gasteiger partial charge in [0.05, 0.1) is 41.3 Å². The highest BCUT2D eigenvalue weighted by Crippen LogP contribution is 2.28. The number of nitrogens with one attached hydrogen (secondary N) is 1. The van der Waals surface area contributed by atoms with E-state index in [0.29, 0.717) is 6.61 Å². The summed E-state index contributed by atoms with van der Waals surface area (Å²) < 4.78 is 5.53. The molecule has 3 heterocycles. The van der Waals surface area contributed by atoms with Crippen LogP contribution in [0, 0.1) is 0 Å². The number of carbonyl (C=O) groups is 6. The fraction of sp³-hybridized carbons (Fsp3) is 0.280. The summed E-state index contributed by atoms with van der Waals surface area (Å²) in [6, 6.07) is 8.42. The molecular weight excluding hydrogens is 470 g/mol. The van der Waals surface area contributed by atoms with Crippen molar-refractivity contribution in [2.45, 2.75) is 25.4 Å². The number of hydrogen-bond acceptors (Lipinski definition) is 7. The first kappa shape index (κ1) is 23.4. The number of fused-ring (bicyclic) bond motifs is 2. The molecule has 36 heavy (non-hydrogen) atoms. The van der Waals surface area contributed by atoms with Gasteiger partial charge in [-0.2, -0.15) is 0 Å². The molecule has 3 aliphatic heterocycles. The Morgan fingerprint density at radius 2 is 1.53 bits per heavy atom. The van der Waals surface area contributed by atoms with Crippen molar-refractivity contribution in [2.24, 2.45) is 0 Å². The van der Waals surface area contributed by atoms with Crippen LogP contribution in [0.1, 0.15) is 71.1 Å². The first-order valence-corrected chi connectivity index (χ1v) is 11.4. The first-order chi connectivity index (χ1) is 17.2.